The number of anilines is 1. The summed E-state index contributed by atoms with van der Waals surface area (Å²) in [5, 5.41) is 7.60. The minimum Gasteiger partial charge on any atom is -0.490 e. The third kappa shape index (κ3) is 3.33. The van der Waals surface area contributed by atoms with Gasteiger partial charge >= 0.3 is 0 Å². The quantitative estimate of drug-likeness (QED) is 0.925. The van der Waals surface area contributed by atoms with Gasteiger partial charge in [0, 0.05) is 36.9 Å². The number of halogens is 1. The Hall–Kier alpha value is -2.21. The number of carbonyl (C=O) groups excluding carboxylic acids is 1. The molecule has 0 saturated heterocycles. The van der Waals surface area contributed by atoms with Crippen LogP contribution in [0.1, 0.15) is 23.4 Å². The van der Waals surface area contributed by atoms with E-state index in [-0.39, 0.29) is 12.3 Å². The van der Waals surface area contributed by atoms with E-state index >= 15 is 0 Å². The monoisotopic (exact) mass is 349 g/mol. The number of ether oxygens (including phenoxy) is 2. The number of hydrogen-bond acceptors (Lipinski definition) is 4. The fourth-order valence-electron chi connectivity index (χ4n) is 2.71. The van der Waals surface area contributed by atoms with Crippen molar-refractivity contribution in [2.24, 2.45) is 7.05 Å². The lowest BCUT2D eigenvalue weighted by molar-refractivity contribution is -0.115. The summed E-state index contributed by atoms with van der Waals surface area (Å²) >= 11 is 6.26. The molecule has 2 heterocycles. The van der Waals surface area contributed by atoms with Gasteiger partial charge in [-0.2, -0.15) is 5.10 Å². The summed E-state index contributed by atoms with van der Waals surface area (Å²) in [6.07, 6.45) is 1.06. The standard InChI is InChI=1S/C17H20ClN3O3/c1-10-12(11(2)21(3)20-10)7-17(22)19-14-9-16-15(8-13(14)18)23-5-4-6-24-16/h8-9H,4-7H2,1-3H3,(H,19,22). The van der Waals surface area contributed by atoms with Gasteiger partial charge in [-0.3, -0.25) is 9.48 Å². The minimum absolute atomic E-state index is 0.148. The molecule has 1 amide bonds. The molecule has 7 heteroatoms. The summed E-state index contributed by atoms with van der Waals surface area (Å²) in [6.45, 7) is 5.02. The third-order valence-electron chi connectivity index (χ3n) is 4.11. The van der Waals surface area contributed by atoms with Crippen molar-refractivity contribution in [3.63, 3.8) is 0 Å². The van der Waals surface area contributed by atoms with Gasteiger partial charge in [0.15, 0.2) is 11.5 Å². The highest BCUT2D eigenvalue weighted by Gasteiger charge is 2.17. The van der Waals surface area contributed by atoms with Gasteiger partial charge < -0.3 is 14.8 Å². The second-order valence-electron chi connectivity index (χ2n) is 5.83. The molecule has 1 aliphatic heterocycles. The number of amides is 1. The summed E-state index contributed by atoms with van der Waals surface area (Å²) in [4.78, 5) is 12.4. The van der Waals surface area contributed by atoms with Gasteiger partial charge in [-0.25, -0.2) is 0 Å². The molecule has 3 rings (SSSR count). The Morgan fingerprint density at radius 1 is 1.29 bits per heavy atom. The Kier molecular flexibility index (Phi) is 4.66. The van der Waals surface area contributed by atoms with Gasteiger partial charge in [-0.15, -0.1) is 0 Å². The van der Waals surface area contributed by atoms with Crippen LogP contribution in [-0.4, -0.2) is 28.9 Å². The fraction of sp³-hybridized carbons (Fsp3) is 0.412. The lowest BCUT2D eigenvalue weighted by atomic mass is 10.1. The smallest absolute Gasteiger partial charge is 0.228 e. The molecule has 0 radical (unpaired) electrons. The van der Waals surface area contributed by atoms with Crippen molar-refractivity contribution in [3.05, 3.63) is 34.1 Å². The predicted octanol–water partition coefficient (Wildman–Crippen LogP) is 3.03. The first-order chi connectivity index (χ1) is 11.5. The number of nitrogens with one attached hydrogen (secondary N) is 1. The second-order valence-corrected chi connectivity index (χ2v) is 6.23. The molecule has 1 aromatic carbocycles. The van der Waals surface area contributed by atoms with Crippen LogP contribution in [-0.2, 0) is 18.3 Å². The Bertz CT molecular complexity index is 786. The zero-order valence-corrected chi connectivity index (χ0v) is 14.7. The van der Waals surface area contributed by atoms with E-state index in [1.807, 2.05) is 20.9 Å². The first-order valence-electron chi connectivity index (χ1n) is 7.83. The molecule has 0 fully saturated rings. The molecule has 0 spiro atoms. The Morgan fingerprint density at radius 2 is 1.96 bits per heavy atom. The van der Waals surface area contributed by atoms with Crippen molar-refractivity contribution in [1.29, 1.82) is 0 Å². The SMILES string of the molecule is Cc1nn(C)c(C)c1CC(=O)Nc1cc2c(cc1Cl)OCCCO2. The average Bonchev–Trinajstić information content (AvgIpc) is 2.71. The molecule has 6 nitrogen and oxygen atoms in total. The number of aromatic nitrogens is 2. The van der Waals surface area contributed by atoms with Gasteiger partial charge in [-0.05, 0) is 13.8 Å². The molecule has 0 atom stereocenters. The van der Waals surface area contributed by atoms with Crippen LogP contribution in [0.3, 0.4) is 0 Å². The van der Waals surface area contributed by atoms with Gasteiger partial charge in [0.1, 0.15) is 0 Å². The topological polar surface area (TPSA) is 65.4 Å². The lowest BCUT2D eigenvalue weighted by Gasteiger charge is -2.12. The number of benzene rings is 1. The number of fused-ring (bicyclic) bond motifs is 1. The summed E-state index contributed by atoms with van der Waals surface area (Å²) in [6, 6.07) is 3.39. The highest BCUT2D eigenvalue weighted by atomic mass is 35.5. The molecule has 1 aromatic heterocycles. The highest BCUT2D eigenvalue weighted by molar-refractivity contribution is 6.34. The van der Waals surface area contributed by atoms with Crippen molar-refractivity contribution in [3.8, 4) is 11.5 Å². The zero-order valence-electron chi connectivity index (χ0n) is 14.0. The van der Waals surface area contributed by atoms with Crippen LogP contribution in [0.15, 0.2) is 12.1 Å². The van der Waals surface area contributed by atoms with Crippen LogP contribution in [0.5, 0.6) is 11.5 Å². The van der Waals surface area contributed by atoms with Crippen LogP contribution in [0.25, 0.3) is 0 Å². The van der Waals surface area contributed by atoms with Crippen LogP contribution >= 0.6 is 11.6 Å². The van der Waals surface area contributed by atoms with E-state index in [0.717, 1.165) is 23.4 Å². The molecular formula is C17H20ClN3O3. The minimum atomic E-state index is -0.148. The van der Waals surface area contributed by atoms with Crippen LogP contribution < -0.4 is 14.8 Å². The number of aryl methyl sites for hydroxylation is 2. The molecule has 0 bridgehead atoms. The maximum atomic E-state index is 12.4. The van der Waals surface area contributed by atoms with Gasteiger partial charge in [0.25, 0.3) is 0 Å². The first kappa shape index (κ1) is 16.6. The number of rotatable bonds is 3. The number of hydrogen-bond donors (Lipinski definition) is 1. The van der Waals surface area contributed by atoms with E-state index in [2.05, 4.69) is 10.4 Å². The van der Waals surface area contributed by atoms with Gasteiger partial charge in [-0.1, -0.05) is 11.6 Å². The van der Waals surface area contributed by atoms with E-state index in [0.29, 0.717) is 35.4 Å². The molecule has 1 N–H and O–H groups in total. The van der Waals surface area contributed by atoms with E-state index in [4.69, 9.17) is 21.1 Å². The van der Waals surface area contributed by atoms with E-state index in [1.165, 1.54) is 0 Å². The summed E-state index contributed by atoms with van der Waals surface area (Å²) in [7, 11) is 1.87. The predicted molar refractivity (Wildman–Crippen MR) is 92.1 cm³/mol. The molecule has 0 aliphatic carbocycles. The molecule has 0 saturated carbocycles. The molecular weight excluding hydrogens is 330 g/mol. The number of nitrogens with zero attached hydrogens (tertiary/aromatic N) is 2. The van der Waals surface area contributed by atoms with Crippen LogP contribution in [0, 0.1) is 13.8 Å². The highest BCUT2D eigenvalue weighted by Crippen LogP contribution is 2.37. The Morgan fingerprint density at radius 3 is 2.58 bits per heavy atom. The molecule has 1 aliphatic rings. The summed E-state index contributed by atoms with van der Waals surface area (Å²) in [5.41, 5.74) is 3.29. The molecule has 0 unspecified atom stereocenters. The van der Waals surface area contributed by atoms with Gasteiger partial charge in [0.2, 0.25) is 5.91 Å². The Balaban J connectivity index is 1.78. The van der Waals surface area contributed by atoms with E-state index in [1.54, 1.807) is 16.8 Å². The lowest BCUT2D eigenvalue weighted by Crippen LogP contribution is -2.15. The average molecular weight is 350 g/mol. The second kappa shape index (κ2) is 6.73. The van der Waals surface area contributed by atoms with Crippen molar-refractivity contribution >= 4 is 23.2 Å². The number of carbonyl (C=O) groups is 1. The van der Waals surface area contributed by atoms with E-state index in [9.17, 15) is 4.79 Å². The molecule has 24 heavy (non-hydrogen) atoms. The van der Waals surface area contributed by atoms with E-state index < -0.39 is 0 Å². The van der Waals surface area contributed by atoms with Crippen molar-refractivity contribution in [2.75, 3.05) is 18.5 Å². The summed E-state index contributed by atoms with van der Waals surface area (Å²) < 4.78 is 13.0. The third-order valence-corrected chi connectivity index (χ3v) is 4.42. The van der Waals surface area contributed by atoms with Gasteiger partial charge in [0.05, 0.1) is 36.0 Å². The normalized spacial score (nSPS) is 13.5. The zero-order chi connectivity index (χ0) is 17.3. The van der Waals surface area contributed by atoms with Crippen molar-refractivity contribution in [2.45, 2.75) is 26.7 Å². The fourth-order valence-corrected chi connectivity index (χ4v) is 2.91. The largest absolute Gasteiger partial charge is 0.490 e. The maximum Gasteiger partial charge on any atom is 0.228 e. The molecule has 2 aromatic rings. The molecule has 128 valence electrons. The summed E-state index contributed by atoms with van der Waals surface area (Å²) in [5.74, 6) is 1.06. The van der Waals surface area contributed by atoms with Crippen molar-refractivity contribution < 1.29 is 14.3 Å². The maximum absolute atomic E-state index is 12.4. The van der Waals surface area contributed by atoms with Crippen molar-refractivity contribution in [1.82, 2.24) is 9.78 Å². The van der Waals surface area contributed by atoms with Crippen LogP contribution in [0.2, 0.25) is 5.02 Å². The Labute approximate surface area is 145 Å². The van der Waals surface area contributed by atoms with Crippen LogP contribution in [0.4, 0.5) is 5.69 Å². The first-order valence-corrected chi connectivity index (χ1v) is 8.21.